The predicted octanol–water partition coefficient (Wildman–Crippen LogP) is 2.99. The van der Waals surface area contributed by atoms with E-state index in [1.165, 1.54) is 0 Å². The molecule has 1 atom stereocenters. The van der Waals surface area contributed by atoms with Gasteiger partial charge in [0.1, 0.15) is 0 Å². The molecule has 1 N–H and O–H groups in total. The Balaban J connectivity index is 1.55. The third-order valence-electron chi connectivity index (χ3n) is 5.89. The first kappa shape index (κ1) is 15.2. The fourth-order valence-corrected chi connectivity index (χ4v) is 4.25. The third-order valence-corrected chi connectivity index (χ3v) is 5.89. The molecule has 4 rings (SSSR count). The number of hydrogen-bond donors (Lipinski definition) is 1. The van der Waals surface area contributed by atoms with Crippen LogP contribution in [0.25, 0.3) is 10.9 Å². The Morgan fingerprint density at radius 2 is 1.96 bits per heavy atom. The summed E-state index contributed by atoms with van der Waals surface area (Å²) in [6.07, 6.45) is 4.35. The minimum atomic E-state index is -0.680. The van der Waals surface area contributed by atoms with Crippen molar-refractivity contribution in [2.45, 2.75) is 32.7 Å². The maximum Gasteiger partial charge on any atom is 0.307 e. The average molecular weight is 326 g/mol. The number of carboxylic acid groups (broad SMARTS) is 1. The fourth-order valence-electron chi connectivity index (χ4n) is 4.25. The van der Waals surface area contributed by atoms with E-state index in [0.29, 0.717) is 13.1 Å². The van der Waals surface area contributed by atoms with Gasteiger partial charge in [0.2, 0.25) is 0 Å². The van der Waals surface area contributed by atoms with Crippen molar-refractivity contribution in [2.75, 3.05) is 13.1 Å². The number of carbonyl (C=O) groups excluding carboxylic acids is 1. The molecule has 2 heterocycles. The summed E-state index contributed by atoms with van der Waals surface area (Å²) < 4.78 is 2.11. The number of likely N-dealkylation sites (tertiary alicyclic amines) is 1. The van der Waals surface area contributed by atoms with E-state index in [-0.39, 0.29) is 17.2 Å². The van der Waals surface area contributed by atoms with Crippen LogP contribution in [0.4, 0.5) is 0 Å². The molecule has 1 aliphatic carbocycles. The van der Waals surface area contributed by atoms with Gasteiger partial charge in [0.25, 0.3) is 5.91 Å². The van der Waals surface area contributed by atoms with Gasteiger partial charge in [0, 0.05) is 36.7 Å². The number of hydrogen-bond acceptors (Lipinski definition) is 2. The maximum atomic E-state index is 13.0. The number of fused-ring (bicyclic) bond motifs is 1. The highest BCUT2D eigenvalue weighted by molar-refractivity contribution is 6.07. The van der Waals surface area contributed by atoms with Crippen molar-refractivity contribution in [3.05, 3.63) is 36.0 Å². The molecule has 1 aromatic carbocycles. The van der Waals surface area contributed by atoms with Crippen molar-refractivity contribution in [3.63, 3.8) is 0 Å². The number of piperidine rings is 1. The lowest BCUT2D eigenvalue weighted by Gasteiger charge is -2.32. The van der Waals surface area contributed by atoms with Gasteiger partial charge in [-0.15, -0.1) is 0 Å². The summed E-state index contributed by atoms with van der Waals surface area (Å²) in [7, 11) is 0. The molecule has 2 fully saturated rings. The van der Waals surface area contributed by atoms with Crippen LogP contribution in [0.2, 0.25) is 0 Å². The van der Waals surface area contributed by atoms with Gasteiger partial charge in [0.15, 0.2) is 0 Å². The molecule has 1 unspecified atom stereocenters. The van der Waals surface area contributed by atoms with Gasteiger partial charge in [-0.25, -0.2) is 0 Å². The summed E-state index contributed by atoms with van der Waals surface area (Å²) in [4.78, 5) is 26.1. The van der Waals surface area contributed by atoms with Crippen LogP contribution in [0, 0.1) is 11.3 Å². The fraction of sp³-hybridized carbons (Fsp3) is 0.474. The summed E-state index contributed by atoms with van der Waals surface area (Å²) in [5, 5.41) is 10.2. The zero-order chi connectivity index (χ0) is 16.9. The van der Waals surface area contributed by atoms with Crippen LogP contribution in [0.5, 0.6) is 0 Å². The zero-order valence-electron chi connectivity index (χ0n) is 13.9. The second-order valence-corrected chi connectivity index (χ2v) is 7.10. The number of para-hydroxylation sites is 1. The first-order valence-electron chi connectivity index (χ1n) is 8.66. The predicted molar refractivity (Wildman–Crippen MR) is 90.9 cm³/mol. The molecule has 24 heavy (non-hydrogen) atoms. The van der Waals surface area contributed by atoms with E-state index in [1.807, 2.05) is 35.4 Å². The molecule has 126 valence electrons. The van der Waals surface area contributed by atoms with E-state index >= 15 is 0 Å². The van der Waals surface area contributed by atoms with E-state index in [9.17, 15) is 14.7 Å². The van der Waals surface area contributed by atoms with E-state index in [0.717, 1.165) is 42.3 Å². The monoisotopic (exact) mass is 326 g/mol. The highest BCUT2D eigenvalue weighted by Gasteiger charge is 2.59. The Morgan fingerprint density at radius 1 is 1.25 bits per heavy atom. The summed E-state index contributed by atoms with van der Waals surface area (Å²) >= 11 is 0. The molecule has 1 aromatic heterocycles. The van der Waals surface area contributed by atoms with Crippen LogP contribution < -0.4 is 0 Å². The molecular weight excluding hydrogens is 304 g/mol. The summed E-state index contributed by atoms with van der Waals surface area (Å²) in [6.45, 7) is 4.23. The van der Waals surface area contributed by atoms with Crippen LogP contribution in [-0.4, -0.2) is 39.5 Å². The highest BCUT2D eigenvalue weighted by atomic mass is 16.4. The number of rotatable bonds is 3. The summed E-state index contributed by atoms with van der Waals surface area (Å²) in [5.74, 6) is -0.807. The van der Waals surface area contributed by atoms with Crippen LogP contribution in [-0.2, 0) is 11.3 Å². The summed E-state index contributed by atoms with van der Waals surface area (Å²) in [5.41, 5.74) is 1.80. The molecule has 1 saturated carbocycles. The van der Waals surface area contributed by atoms with E-state index in [1.54, 1.807) is 0 Å². The van der Waals surface area contributed by atoms with E-state index < -0.39 is 5.97 Å². The molecule has 1 spiro atoms. The van der Waals surface area contributed by atoms with Crippen LogP contribution in [0.15, 0.2) is 30.5 Å². The van der Waals surface area contributed by atoms with E-state index in [2.05, 4.69) is 11.5 Å². The number of benzene rings is 1. The van der Waals surface area contributed by atoms with Crippen molar-refractivity contribution >= 4 is 22.8 Å². The largest absolute Gasteiger partial charge is 0.481 e. The number of aryl methyl sites for hydroxylation is 1. The lowest BCUT2D eigenvalue weighted by atomic mass is 9.90. The summed E-state index contributed by atoms with van der Waals surface area (Å²) in [6, 6.07) is 8.00. The Bertz CT molecular complexity index is 815. The Labute approximate surface area is 140 Å². The molecule has 1 amide bonds. The number of aliphatic carboxylic acids is 1. The van der Waals surface area contributed by atoms with Crippen molar-refractivity contribution in [2.24, 2.45) is 11.3 Å². The van der Waals surface area contributed by atoms with Gasteiger partial charge in [-0.1, -0.05) is 18.2 Å². The molecule has 2 aliphatic rings. The molecular formula is C19H22N2O3. The molecule has 0 bridgehead atoms. The van der Waals surface area contributed by atoms with Gasteiger partial charge in [-0.05, 0) is 37.7 Å². The first-order chi connectivity index (χ1) is 11.6. The highest BCUT2D eigenvalue weighted by Crippen LogP contribution is 2.59. The van der Waals surface area contributed by atoms with Gasteiger partial charge >= 0.3 is 5.97 Å². The second kappa shape index (κ2) is 5.36. The molecule has 5 nitrogen and oxygen atoms in total. The smallest absolute Gasteiger partial charge is 0.307 e. The number of amides is 1. The van der Waals surface area contributed by atoms with Gasteiger partial charge < -0.3 is 14.6 Å². The molecule has 1 aliphatic heterocycles. The van der Waals surface area contributed by atoms with Gasteiger partial charge in [-0.2, -0.15) is 0 Å². The van der Waals surface area contributed by atoms with E-state index in [4.69, 9.17) is 0 Å². The topological polar surface area (TPSA) is 62.5 Å². The lowest BCUT2D eigenvalue weighted by molar-refractivity contribution is -0.139. The molecule has 2 aromatic rings. The minimum absolute atomic E-state index is 0.0416. The van der Waals surface area contributed by atoms with Gasteiger partial charge in [0.05, 0.1) is 11.5 Å². The maximum absolute atomic E-state index is 13.0. The number of carboxylic acids is 1. The quantitative estimate of drug-likeness (QED) is 0.943. The number of carbonyl (C=O) groups is 2. The molecule has 5 heteroatoms. The number of nitrogens with zero attached hydrogens (tertiary/aromatic N) is 2. The zero-order valence-corrected chi connectivity index (χ0v) is 13.9. The van der Waals surface area contributed by atoms with Crippen LogP contribution >= 0.6 is 0 Å². The second-order valence-electron chi connectivity index (χ2n) is 7.10. The minimum Gasteiger partial charge on any atom is -0.481 e. The Hall–Kier alpha value is -2.30. The third kappa shape index (κ3) is 2.22. The molecule has 0 radical (unpaired) electrons. The van der Waals surface area contributed by atoms with Gasteiger partial charge in [-0.3, -0.25) is 9.59 Å². The normalized spacial score (nSPS) is 22.0. The Morgan fingerprint density at radius 3 is 2.58 bits per heavy atom. The standard InChI is InChI=1S/C19H22N2O3/c1-2-20-12-14(13-5-3-4-6-16(13)20)17(22)21-9-7-19(8-10-21)11-15(19)18(23)24/h3-6,12,15H,2,7-11H2,1H3,(H,23,24). The van der Waals surface area contributed by atoms with Crippen LogP contribution in [0.1, 0.15) is 36.5 Å². The van der Waals surface area contributed by atoms with Crippen molar-refractivity contribution < 1.29 is 14.7 Å². The average Bonchev–Trinajstić information content (AvgIpc) is 3.17. The van der Waals surface area contributed by atoms with Crippen LogP contribution in [0.3, 0.4) is 0 Å². The Kier molecular flexibility index (Phi) is 3.41. The van der Waals surface area contributed by atoms with Crippen molar-refractivity contribution in [1.29, 1.82) is 0 Å². The SMILES string of the molecule is CCn1cc(C(=O)N2CCC3(CC2)CC3C(=O)O)c2ccccc21. The lowest BCUT2D eigenvalue weighted by Crippen LogP contribution is -2.39. The first-order valence-corrected chi connectivity index (χ1v) is 8.66. The van der Waals surface area contributed by atoms with Crippen molar-refractivity contribution in [3.8, 4) is 0 Å². The number of aromatic nitrogens is 1. The molecule has 1 saturated heterocycles. The van der Waals surface area contributed by atoms with Crippen molar-refractivity contribution in [1.82, 2.24) is 9.47 Å².